The number of thioether (sulfide) groups is 1. The summed E-state index contributed by atoms with van der Waals surface area (Å²) in [6, 6.07) is 10.3. The maximum absolute atomic E-state index is 5.93. The van der Waals surface area contributed by atoms with E-state index >= 15 is 0 Å². The fourth-order valence-corrected chi connectivity index (χ4v) is 3.19. The highest BCUT2D eigenvalue weighted by molar-refractivity contribution is 7.99. The molecule has 0 aliphatic carbocycles. The van der Waals surface area contributed by atoms with E-state index in [9.17, 15) is 0 Å². The lowest BCUT2D eigenvalue weighted by atomic mass is 10.2. The van der Waals surface area contributed by atoms with Gasteiger partial charge in [-0.3, -0.25) is 0 Å². The molecule has 0 spiro atoms. The van der Waals surface area contributed by atoms with Crippen molar-refractivity contribution in [1.82, 2.24) is 9.78 Å². The smallest absolute Gasteiger partial charge is 0.105 e. The lowest BCUT2D eigenvalue weighted by molar-refractivity contribution is 0.639. The Morgan fingerprint density at radius 3 is 2.40 bits per heavy atom. The Hall–Kier alpha value is -1.26. The molecule has 0 aliphatic heterocycles. The Labute approximate surface area is 125 Å². The quantitative estimate of drug-likeness (QED) is 0.852. The van der Waals surface area contributed by atoms with Crippen molar-refractivity contribution in [3.8, 4) is 5.69 Å². The zero-order chi connectivity index (χ0) is 14.7. The van der Waals surface area contributed by atoms with Gasteiger partial charge >= 0.3 is 0 Å². The Balaban J connectivity index is 2.47. The third-order valence-corrected chi connectivity index (χ3v) is 5.14. The fourth-order valence-electron chi connectivity index (χ4n) is 1.95. The van der Waals surface area contributed by atoms with Crippen LogP contribution in [0, 0.1) is 12.8 Å². The molecule has 0 fully saturated rings. The minimum atomic E-state index is 0.527. The number of hydrogen-bond acceptors (Lipinski definition) is 3. The van der Waals surface area contributed by atoms with Crippen molar-refractivity contribution in [2.24, 2.45) is 11.7 Å². The van der Waals surface area contributed by atoms with Crippen LogP contribution in [0.2, 0.25) is 0 Å². The Morgan fingerprint density at radius 2 is 1.85 bits per heavy atom. The average Bonchev–Trinajstić information content (AvgIpc) is 2.75. The topological polar surface area (TPSA) is 43.8 Å². The Bertz CT molecular complexity index is 561. The van der Waals surface area contributed by atoms with Gasteiger partial charge in [0, 0.05) is 17.4 Å². The second-order valence-corrected chi connectivity index (χ2v) is 6.75. The predicted octanol–water partition coefficient (Wildman–Crippen LogP) is 3.78. The molecule has 0 bridgehead atoms. The molecule has 3 nitrogen and oxygen atoms in total. The summed E-state index contributed by atoms with van der Waals surface area (Å²) in [6.45, 7) is 9.32. The van der Waals surface area contributed by atoms with Gasteiger partial charge in [-0.15, -0.1) is 11.8 Å². The summed E-state index contributed by atoms with van der Waals surface area (Å²) < 4.78 is 2.03. The van der Waals surface area contributed by atoms with E-state index in [1.165, 1.54) is 5.03 Å². The first-order valence-corrected chi connectivity index (χ1v) is 7.93. The molecule has 1 aromatic heterocycles. The van der Waals surface area contributed by atoms with Gasteiger partial charge in [0.15, 0.2) is 0 Å². The lowest BCUT2D eigenvalue weighted by Gasteiger charge is -2.17. The molecule has 2 aromatic rings. The van der Waals surface area contributed by atoms with Crippen molar-refractivity contribution in [3.63, 3.8) is 0 Å². The van der Waals surface area contributed by atoms with E-state index in [-0.39, 0.29) is 0 Å². The molecule has 0 aliphatic rings. The van der Waals surface area contributed by atoms with Crippen molar-refractivity contribution in [2.45, 2.75) is 44.5 Å². The van der Waals surface area contributed by atoms with E-state index in [4.69, 9.17) is 5.73 Å². The second kappa shape index (κ2) is 6.46. The van der Waals surface area contributed by atoms with Gasteiger partial charge in [-0.25, -0.2) is 4.68 Å². The van der Waals surface area contributed by atoms with E-state index < -0.39 is 0 Å². The second-order valence-electron chi connectivity index (χ2n) is 5.39. The monoisotopic (exact) mass is 289 g/mol. The molecule has 108 valence electrons. The van der Waals surface area contributed by atoms with Crippen molar-refractivity contribution in [3.05, 3.63) is 41.6 Å². The summed E-state index contributed by atoms with van der Waals surface area (Å²) in [5.74, 6) is 0.616. The Morgan fingerprint density at radius 1 is 1.20 bits per heavy atom. The molecule has 0 saturated carbocycles. The van der Waals surface area contributed by atoms with E-state index in [0.717, 1.165) is 16.9 Å². The highest BCUT2D eigenvalue weighted by atomic mass is 32.2. The molecule has 2 rings (SSSR count). The molecular formula is C16H23N3S. The van der Waals surface area contributed by atoms with Gasteiger partial charge in [0.1, 0.15) is 5.03 Å². The van der Waals surface area contributed by atoms with Crippen LogP contribution in [-0.2, 0) is 6.54 Å². The number of hydrogen-bond donors (Lipinski definition) is 1. The van der Waals surface area contributed by atoms with E-state index in [1.54, 1.807) is 0 Å². The lowest BCUT2D eigenvalue weighted by Crippen LogP contribution is -2.09. The maximum atomic E-state index is 5.93. The van der Waals surface area contributed by atoms with Crippen LogP contribution in [0.4, 0.5) is 0 Å². The van der Waals surface area contributed by atoms with Crippen LogP contribution in [0.3, 0.4) is 0 Å². The number of benzene rings is 1. The number of aromatic nitrogens is 2. The van der Waals surface area contributed by atoms with Crippen molar-refractivity contribution >= 4 is 11.8 Å². The molecule has 1 unspecified atom stereocenters. The van der Waals surface area contributed by atoms with Gasteiger partial charge in [-0.2, -0.15) is 5.10 Å². The van der Waals surface area contributed by atoms with Crippen LogP contribution in [0.25, 0.3) is 5.69 Å². The fraction of sp³-hybridized carbons (Fsp3) is 0.438. The molecular weight excluding hydrogens is 266 g/mol. The molecule has 1 aromatic carbocycles. The zero-order valence-electron chi connectivity index (χ0n) is 12.6. The molecule has 20 heavy (non-hydrogen) atoms. The first-order chi connectivity index (χ1) is 9.54. The largest absolute Gasteiger partial charge is 0.326 e. The summed E-state index contributed by atoms with van der Waals surface area (Å²) in [6.07, 6.45) is 0. The minimum Gasteiger partial charge on any atom is -0.326 e. The maximum Gasteiger partial charge on any atom is 0.105 e. The number of rotatable bonds is 5. The average molecular weight is 289 g/mol. The van der Waals surface area contributed by atoms with Crippen molar-refractivity contribution < 1.29 is 0 Å². The number of nitrogens with two attached hydrogens (primary N) is 1. The number of aryl methyl sites for hydroxylation is 1. The third-order valence-electron chi connectivity index (χ3n) is 3.58. The van der Waals surface area contributed by atoms with E-state index in [1.807, 2.05) is 41.6 Å². The summed E-state index contributed by atoms with van der Waals surface area (Å²) in [5, 5.41) is 6.38. The first-order valence-electron chi connectivity index (χ1n) is 7.05. The van der Waals surface area contributed by atoms with Gasteiger partial charge in [0.2, 0.25) is 0 Å². The van der Waals surface area contributed by atoms with Gasteiger partial charge in [0.05, 0.1) is 11.4 Å². The molecule has 1 heterocycles. The van der Waals surface area contributed by atoms with Gasteiger partial charge in [-0.1, -0.05) is 39.0 Å². The first kappa shape index (κ1) is 15.1. The molecule has 0 amide bonds. The third kappa shape index (κ3) is 3.07. The van der Waals surface area contributed by atoms with Gasteiger partial charge in [0.25, 0.3) is 0 Å². The standard InChI is InChI=1S/C16H23N3S/c1-11(2)13(4)20-16-15(10-17)12(3)18-19(16)14-8-6-5-7-9-14/h5-9,11,13H,10,17H2,1-4H3. The summed E-state index contributed by atoms with van der Waals surface area (Å²) in [7, 11) is 0. The number of nitrogens with zero attached hydrogens (tertiary/aromatic N) is 2. The van der Waals surface area contributed by atoms with Crippen molar-refractivity contribution in [2.75, 3.05) is 0 Å². The summed E-state index contributed by atoms with van der Waals surface area (Å²) in [4.78, 5) is 0. The van der Waals surface area contributed by atoms with Crippen LogP contribution < -0.4 is 5.73 Å². The summed E-state index contributed by atoms with van der Waals surface area (Å²) in [5.41, 5.74) is 9.20. The number of para-hydroxylation sites is 1. The van der Waals surface area contributed by atoms with Crippen molar-refractivity contribution in [1.29, 1.82) is 0 Å². The van der Waals surface area contributed by atoms with Crippen LogP contribution in [-0.4, -0.2) is 15.0 Å². The molecule has 4 heteroatoms. The molecule has 0 saturated heterocycles. The van der Waals surface area contributed by atoms with E-state index in [0.29, 0.717) is 17.7 Å². The van der Waals surface area contributed by atoms with Crippen LogP contribution >= 0.6 is 11.8 Å². The predicted molar refractivity (Wildman–Crippen MR) is 86.3 cm³/mol. The van der Waals surface area contributed by atoms with Crippen LogP contribution in [0.1, 0.15) is 32.0 Å². The SMILES string of the molecule is Cc1nn(-c2ccccc2)c(SC(C)C(C)C)c1CN. The highest BCUT2D eigenvalue weighted by Gasteiger charge is 2.19. The normalized spacial score (nSPS) is 12.9. The van der Waals surface area contributed by atoms with E-state index in [2.05, 4.69) is 38.0 Å². The zero-order valence-corrected chi connectivity index (χ0v) is 13.4. The Kier molecular flexibility index (Phi) is 4.89. The van der Waals surface area contributed by atoms with Crippen LogP contribution in [0.5, 0.6) is 0 Å². The summed E-state index contributed by atoms with van der Waals surface area (Å²) >= 11 is 1.87. The van der Waals surface area contributed by atoms with Crippen LogP contribution in [0.15, 0.2) is 35.4 Å². The van der Waals surface area contributed by atoms with Gasteiger partial charge < -0.3 is 5.73 Å². The van der Waals surface area contributed by atoms with Gasteiger partial charge in [-0.05, 0) is 25.0 Å². The minimum absolute atomic E-state index is 0.527. The highest BCUT2D eigenvalue weighted by Crippen LogP contribution is 2.33. The molecule has 2 N–H and O–H groups in total. The molecule has 0 radical (unpaired) electrons. The molecule has 1 atom stereocenters.